The summed E-state index contributed by atoms with van der Waals surface area (Å²) in [4.78, 5) is 0. The van der Waals surface area contributed by atoms with Gasteiger partial charge in [-0.25, -0.2) is 4.39 Å². The van der Waals surface area contributed by atoms with Gasteiger partial charge in [-0.2, -0.15) is 13.2 Å². The SMILES string of the molecule is [B]CNC([B])C(F)(c1ccc2ccoc2c1)C(F)(F)F. The van der Waals surface area contributed by atoms with Crippen molar-refractivity contribution in [1.29, 1.82) is 0 Å². The summed E-state index contributed by atoms with van der Waals surface area (Å²) in [6.07, 6.45) is -4.28. The third kappa shape index (κ3) is 2.32. The van der Waals surface area contributed by atoms with Crippen LogP contribution in [-0.4, -0.2) is 34.3 Å². The zero-order valence-electron chi connectivity index (χ0n) is 10.2. The maximum Gasteiger partial charge on any atom is 0.427 e. The molecule has 2 unspecified atom stereocenters. The lowest BCUT2D eigenvalue weighted by Crippen LogP contribution is -2.55. The molecule has 0 spiro atoms. The van der Waals surface area contributed by atoms with Gasteiger partial charge in [0.1, 0.15) is 5.58 Å². The minimum atomic E-state index is -5.20. The van der Waals surface area contributed by atoms with Crippen molar-refractivity contribution in [3.05, 3.63) is 36.1 Å². The maximum absolute atomic E-state index is 14.6. The lowest BCUT2D eigenvalue weighted by atomic mass is 9.76. The van der Waals surface area contributed by atoms with Crippen molar-refractivity contribution in [2.75, 3.05) is 6.44 Å². The van der Waals surface area contributed by atoms with E-state index >= 15 is 0 Å². The van der Waals surface area contributed by atoms with Crippen LogP contribution >= 0.6 is 0 Å². The summed E-state index contributed by atoms with van der Waals surface area (Å²) < 4.78 is 59.0. The number of halogens is 4. The van der Waals surface area contributed by atoms with E-state index in [1.54, 1.807) is 6.07 Å². The minimum Gasteiger partial charge on any atom is -0.464 e. The second-order valence-corrected chi connectivity index (χ2v) is 4.27. The third-order valence-electron chi connectivity index (χ3n) is 3.06. The molecule has 8 heteroatoms. The Morgan fingerprint density at radius 3 is 2.50 bits per heavy atom. The number of hydrogen-bond donors (Lipinski definition) is 1. The number of alkyl halides is 4. The molecule has 20 heavy (non-hydrogen) atoms. The smallest absolute Gasteiger partial charge is 0.427 e. The van der Waals surface area contributed by atoms with Gasteiger partial charge in [0, 0.05) is 16.9 Å². The Labute approximate surface area is 115 Å². The van der Waals surface area contributed by atoms with Gasteiger partial charge in [-0.1, -0.05) is 12.1 Å². The largest absolute Gasteiger partial charge is 0.464 e. The lowest BCUT2D eigenvalue weighted by molar-refractivity contribution is -0.238. The number of furan rings is 1. The van der Waals surface area contributed by atoms with Crippen molar-refractivity contribution in [1.82, 2.24) is 5.32 Å². The summed E-state index contributed by atoms with van der Waals surface area (Å²) in [6, 6.07) is 4.92. The first-order valence-corrected chi connectivity index (χ1v) is 5.73. The average Bonchev–Trinajstić information content (AvgIpc) is 2.83. The number of rotatable bonds is 4. The van der Waals surface area contributed by atoms with Gasteiger partial charge in [0.05, 0.1) is 22.0 Å². The summed E-state index contributed by atoms with van der Waals surface area (Å²) in [5.74, 6) is -2.03. The zero-order chi connectivity index (χ0) is 15.0. The first kappa shape index (κ1) is 15.0. The fourth-order valence-electron chi connectivity index (χ4n) is 1.97. The van der Waals surface area contributed by atoms with Crippen molar-refractivity contribution < 1.29 is 22.0 Å². The fourth-order valence-corrected chi connectivity index (χ4v) is 1.97. The molecule has 2 aromatic rings. The van der Waals surface area contributed by atoms with Gasteiger partial charge < -0.3 is 9.73 Å². The monoisotopic (exact) mass is 281 g/mol. The maximum atomic E-state index is 14.6. The van der Waals surface area contributed by atoms with E-state index in [4.69, 9.17) is 20.1 Å². The predicted molar refractivity (Wildman–Crippen MR) is 68.4 cm³/mol. The van der Waals surface area contributed by atoms with E-state index in [9.17, 15) is 17.6 Å². The molecule has 1 aromatic carbocycles. The Morgan fingerprint density at radius 1 is 1.20 bits per heavy atom. The highest BCUT2D eigenvalue weighted by atomic mass is 19.4. The summed E-state index contributed by atoms with van der Waals surface area (Å²) in [6.45, 7) is 0. The molecule has 0 saturated carbocycles. The first-order chi connectivity index (χ1) is 9.30. The molecular formula is C12H9B2F4NO. The van der Waals surface area contributed by atoms with Crippen LogP contribution < -0.4 is 5.32 Å². The average molecular weight is 281 g/mol. The van der Waals surface area contributed by atoms with Gasteiger partial charge in [0.25, 0.3) is 0 Å². The molecule has 0 bridgehead atoms. The Kier molecular flexibility index (Phi) is 3.86. The molecule has 2 nitrogen and oxygen atoms in total. The summed E-state index contributed by atoms with van der Waals surface area (Å²) >= 11 is 0. The van der Waals surface area contributed by atoms with Crippen LogP contribution in [0.1, 0.15) is 5.56 Å². The second kappa shape index (κ2) is 5.16. The van der Waals surface area contributed by atoms with E-state index in [0.717, 1.165) is 12.1 Å². The minimum absolute atomic E-state index is 0.147. The lowest BCUT2D eigenvalue weighted by Gasteiger charge is -2.34. The van der Waals surface area contributed by atoms with Crippen LogP contribution in [0, 0.1) is 0 Å². The molecule has 0 aliphatic rings. The predicted octanol–water partition coefficient (Wildman–Crippen LogP) is 2.37. The highest BCUT2D eigenvalue weighted by molar-refractivity contribution is 6.14. The van der Waals surface area contributed by atoms with Crippen molar-refractivity contribution in [2.24, 2.45) is 0 Å². The molecule has 2 atom stereocenters. The van der Waals surface area contributed by atoms with Gasteiger partial charge in [-0.15, -0.1) is 0 Å². The summed E-state index contributed by atoms with van der Waals surface area (Å²) in [7, 11) is 10.4. The van der Waals surface area contributed by atoms with E-state index in [-0.39, 0.29) is 12.0 Å². The third-order valence-corrected chi connectivity index (χ3v) is 3.06. The number of hydrogen-bond acceptors (Lipinski definition) is 2. The van der Waals surface area contributed by atoms with Crippen LogP contribution in [0.4, 0.5) is 17.6 Å². The molecule has 1 N–H and O–H groups in total. The molecule has 0 aliphatic heterocycles. The molecule has 0 fully saturated rings. The van der Waals surface area contributed by atoms with Crippen molar-refractivity contribution in [3.8, 4) is 0 Å². The quantitative estimate of drug-likeness (QED) is 0.687. The first-order valence-electron chi connectivity index (χ1n) is 5.73. The van der Waals surface area contributed by atoms with Gasteiger partial charge >= 0.3 is 6.18 Å². The molecule has 0 amide bonds. The van der Waals surface area contributed by atoms with Gasteiger partial charge in [-0.05, 0) is 18.6 Å². The second-order valence-electron chi connectivity index (χ2n) is 4.27. The molecule has 0 saturated heterocycles. The van der Waals surface area contributed by atoms with Crippen LogP contribution in [0.2, 0.25) is 0 Å². The Morgan fingerprint density at radius 2 is 1.90 bits per heavy atom. The highest BCUT2D eigenvalue weighted by Crippen LogP contribution is 2.45. The summed E-state index contributed by atoms with van der Waals surface area (Å²) in [5.41, 5.74) is -4.26. The number of fused-ring (bicyclic) bond motifs is 1. The topological polar surface area (TPSA) is 25.2 Å². The normalized spacial score (nSPS) is 17.0. The Bertz CT molecular complexity index is 600. The van der Waals surface area contributed by atoms with Crippen LogP contribution in [0.5, 0.6) is 0 Å². The molecule has 1 aromatic heterocycles. The number of nitrogens with one attached hydrogen (secondary N) is 1. The Hall–Kier alpha value is -1.43. The van der Waals surface area contributed by atoms with Crippen molar-refractivity contribution >= 4 is 26.7 Å². The van der Waals surface area contributed by atoms with E-state index < -0.39 is 23.3 Å². The van der Waals surface area contributed by atoms with Crippen molar-refractivity contribution in [3.63, 3.8) is 0 Å². The number of benzene rings is 1. The standard InChI is InChI=1S/C12H9B2F4NO/c13-6-19-10(14)11(15,12(16,17)18)8-2-1-7-3-4-20-9(7)5-8/h1-5,10,19H,6H2. The molecule has 102 valence electrons. The van der Waals surface area contributed by atoms with E-state index in [2.05, 4.69) is 5.32 Å². The zero-order valence-corrected chi connectivity index (χ0v) is 10.2. The molecule has 4 radical (unpaired) electrons. The van der Waals surface area contributed by atoms with Crippen molar-refractivity contribution in [2.45, 2.75) is 17.8 Å². The van der Waals surface area contributed by atoms with E-state index in [1.807, 2.05) is 0 Å². The van der Waals surface area contributed by atoms with E-state index in [1.165, 1.54) is 12.3 Å². The van der Waals surface area contributed by atoms with Crippen LogP contribution in [0.25, 0.3) is 11.0 Å². The Balaban J connectivity index is 2.55. The van der Waals surface area contributed by atoms with Crippen LogP contribution in [0.15, 0.2) is 34.9 Å². The molecule has 0 aliphatic carbocycles. The fraction of sp³-hybridized carbons (Fsp3) is 0.333. The highest BCUT2D eigenvalue weighted by Gasteiger charge is 2.60. The summed E-state index contributed by atoms with van der Waals surface area (Å²) in [5, 5.41) is 2.63. The van der Waals surface area contributed by atoms with Gasteiger partial charge in [-0.3, -0.25) is 0 Å². The molecule has 1 heterocycles. The van der Waals surface area contributed by atoms with Gasteiger partial charge in [0.2, 0.25) is 5.67 Å². The van der Waals surface area contributed by atoms with Crippen LogP contribution in [0.3, 0.4) is 0 Å². The van der Waals surface area contributed by atoms with E-state index in [0.29, 0.717) is 5.39 Å². The van der Waals surface area contributed by atoms with Crippen LogP contribution in [-0.2, 0) is 5.67 Å². The molecule has 2 rings (SSSR count). The molecular weight excluding hydrogens is 272 g/mol. The van der Waals surface area contributed by atoms with Gasteiger partial charge in [0.15, 0.2) is 0 Å².